The zero-order valence-electron chi connectivity index (χ0n) is 10.9. The minimum atomic E-state index is 0.232. The van der Waals surface area contributed by atoms with Gasteiger partial charge in [0.15, 0.2) is 0 Å². The van der Waals surface area contributed by atoms with E-state index < -0.39 is 0 Å². The third-order valence-corrected chi connectivity index (χ3v) is 5.24. The van der Waals surface area contributed by atoms with Crippen LogP contribution < -0.4 is 0 Å². The zero-order chi connectivity index (χ0) is 12.7. The molecule has 0 aromatic carbocycles. The molecule has 0 radical (unpaired) electrons. The molecule has 1 aromatic rings. The Kier molecular flexibility index (Phi) is 3.16. The van der Waals surface area contributed by atoms with Crippen LogP contribution in [0.2, 0.25) is 0 Å². The van der Waals surface area contributed by atoms with Gasteiger partial charge in [-0.05, 0) is 49.6 Å². The van der Waals surface area contributed by atoms with Crippen LogP contribution in [0, 0.1) is 6.92 Å². The predicted molar refractivity (Wildman–Crippen MR) is 72.1 cm³/mol. The molecule has 98 valence electrons. The van der Waals surface area contributed by atoms with E-state index in [9.17, 15) is 4.79 Å². The van der Waals surface area contributed by atoms with E-state index in [-0.39, 0.29) is 5.91 Å². The third-order valence-electron chi connectivity index (χ3n) is 4.20. The molecule has 2 atom stereocenters. The quantitative estimate of drug-likeness (QED) is 0.823. The fourth-order valence-electron chi connectivity index (χ4n) is 3.32. The van der Waals surface area contributed by atoms with Crippen molar-refractivity contribution in [3.8, 4) is 0 Å². The molecule has 3 rings (SSSR count). The summed E-state index contributed by atoms with van der Waals surface area (Å²) in [5.41, 5.74) is 1.18. The summed E-state index contributed by atoms with van der Waals surface area (Å²) in [6, 6.07) is 2.79. The van der Waals surface area contributed by atoms with Crippen molar-refractivity contribution < 1.29 is 9.53 Å². The summed E-state index contributed by atoms with van der Waals surface area (Å²) >= 11 is 1.57. The number of hydrogen-bond acceptors (Lipinski definition) is 3. The molecule has 2 aliphatic heterocycles. The molecule has 0 N–H and O–H groups in total. The molecule has 2 fully saturated rings. The number of nitrogens with zero attached hydrogens (tertiary/aromatic N) is 1. The van der Waals surface area contributed by atoms with Crippen LogP contribution in [-0.4, -0.2) is 36.1 Å². The van der Waals surface area contributed by atoms with Gasteiger partial charge in [0.25, 0.3) is 5.91 Å². The van der Waals surface area contributed by atoms with Gasteiger partial charge in [0.2, 0.25) is 0 Å². The van der Waals surface area contributed by atoms with E-state index in [2.05, 4.69) is 10.3 Å². The largest absolute Gasteiger partial charge is 0.381 e. The maximum Gasteiger partial charge on any atom is 0.264 e. The SMILES string of the molecule is COC1CC2CCC(C1)N2C(=O)c1cc(C)cs1. The van der Waals surface area contributed by atoms with Crippen LogP contribution in [0.5, 0.6) is 0 Å². The van der Waals surface area contributed by atoms with Gasteiger partial charge in [-0.15, -0.1) is 11.3 Å². The van der Waals surface area contributed by atoms with Crippen molar-refractivity contribution in [2.24, 2.45) is 0 Å². The van der Waals surface area contributed by atoms with Gasteiger partial charge in [0.1, 0.15) is 0 Å². The highest BCUT2D eigenvalue weighted by molar-refractivity contribution is 7.12. The molecule has 4 heteroatoms. The molecular formula is C14H19NO2S. The van der Waals surface area contributed by atoms with Crippen molar-refractivity contribution in [1.82, 2.24) is 4.90 Å². The summed E-state index contributed by atoms with van der Waals surface area (Å²) in [5.74, 6) is 0.232. The highest BCUT2D eigenvalue weighted by Crippen LogP contribution is 2.38. The Morgan fingerprint density at radius 2 is 2.06 bits per heavy atom. The molecule has 3 nitrogen and oxygen atoms in total. The number of amides is 1. The number of fused-ring (bicyclic) bond motifs is 2. The number of carbonyl (C=O) groups is 1. The molecule has 2 bridgehead atoms. The first-order chi connectivity index (χ1) is 8.69. The second-order valence-corrected chi connectivity index (χ2v) is 6.33. The van der Waals surface area contributed by atoms with Crippen LogP contribution in [0.3, 0.4) is 0 Å². The Bertz CT molecular complexity index is 442. The minimum absolute atomic E-state index is 0.232. The maximum atomic E-state index is 12.6. The standard InChI is InChI=1S/C14H19NO2S/c1-9-5-13(18-8-9)14(16)15-10-3-4-11(15)7-12(6-10)17-2/h5,8,10-12H,3-4,6-7H2,1-2H3. The Morgan fingerprint density at radius 1 is 1.39 bits per heavy atom. The molecule has 0 aliphatic carbocycles. The molecule has 2 saturated heterocycles. The summed E-state index contributed by atoms with van der Waals surface area (Å²) in [5, 5.41) is 2.05. The van der Waals surface area contributed by atoms with Gasteiger partial charge in [0.05, 0.1) is 11.0 Å². The van der Waals surface area contributed by atoms with Gasteiger partial charge >= 0.3 is 0 Å². The van der Waals surface area contributed by atoms with Crippen molar-refractivity contribution in [2.45, 2.75) is 50.8 Å². The summed E-state index contributed by atoms with van der Waals surface area (Å²) in [4.78, 5) is 15.6. The lowest BCUT2D eigenvalue weighted by Gasteiger charge is -2.38. The minimum Gasteiger partial charge on any atom is -0.381 e. The lowest BCUT2D eigenvalue weighted by Crippen LogP contribution is -2.48. The number of aryl methyl sites for hydroxylation is 1. The predicted octanol–water partition coefficient (Wildman–Crippen LogP) is 2.84. The number of ether oxygens (including phenoxy) is 1. The van der Waals surface area contributed by atoms with Gasteiger partial charge in [0, 0.05) is 19.2 Å². The molecule has 18 heavy (non-hydrogen) atoms. The number of methoxy groups -OCH3 is 1. The van der Waals surface area contributed by atoms with Crippen molar-refractivity contribution in [2.75, 3.05) is 7.11 Å². The number of carbonyl (C=O) groups excluding carboxylic acids is 1. The first kappa shape index (κ1) is 12.2. The third kappa shape index (κ3) is 1.97. The van der Waals surface area contributed by atoms with Crippen LogP contribution in [0.25, 0.3) is 0 Å². The number of piperidine rings is 1. The Morgan fingerprint density at radius 3 is 2.56 bits per heavy atom. The summed E-state index contributed by atoms with van der Waals surface area (Å²) in [6.45, 7) is 2.04. The Labute approximate surface area is 112 Å². The molecule has 0 saturated carbocycles. The summed E-state index contributed by atoms with van der Waals surface area (Å²) in [6.07, 6.45) is 4.63. The smallest absolute Gasteiger partial charge is 0.264 e. The number of thiophene rings is 1. The van der Waals surface area contributed by atoms with E-state index in [4.69, 9.17) is 4.74 Å². The molecule has 0 spiro atoms. The van der Waals surface area contributed by atoms with Crippen molar-refractivity contribution in [1.29, 1.82) is 0 Å². The van der Waals surface area contributed by atoms with Crippen LogP contribution in [0.1, 0.15) is 40.9 Å². The summed E-state index contributed by atoms with van der Waals surface area (Å²) in [7, 11) is 1.78. The normalized spacial score (nSPS) is 30.8. The van der Waals surface area contributed by atoms with E-state index in [0.717, 1.165) is 30.6 Å². The topological polar surface area (TPSA) is 29.5 Å². The highest BCUT2D eigenvalue weighted by Gasteiger charge is 2.43. The van der Waals surface area contributed by atoms with Crippen molar-refractivity contribution >= 4 is 17.2 Å². The molecular weight excluding hydrogens is 246 g/mol. The Hall–Kier alpha value is -0.870. The second-order valence-electron chi connectivity index (χ2n) is 5.41. The van der Waals surface area contributed by atoms with Crippen LogP contribution in [0.15, 0.2) is 11.4 Å². The van der Waals surface area contributed by atoms with Gasteiger partial charge in [-0.25, -0.2) is 0 Å². The van der Waals surface area contributed by atoms with Crippen LogP contribution in [0.4, 0.5) is 0 Å². The van der Waals surface area contributed by atoms with Gasteiger partial charge in [-0.2, -0.15) is 0 Å². The average Bonchev–Trinajstić information content (AvgIpc) is 2.90. The van der Waals surface area contributed by atoms with E-state index in [1.165, 1.54) is 5.56 Å². The van der Waals surface area contributed by atoms with E-state index in [1.807, 2.05) is 13.0 Å². The monoisotopic (exact) mass is 265 g/mol. The number of rotatable bonds is 2. The van der Waals surface area contributed by atoms with E-state index in [0.29, 0.717) is 18.2 Å². The van der Waals surface area contributed by atoms with Gasteiger partial charge < -0.3 is 9.64 Å². The molecule has 2 aliphatic rings. The fourth-order valence-corrected chi connectivity index (χ4v) is 4.16. The first-order valence-corrected chi connectivity index (χ1v) is 7.47. The average molecular weight is 265 g/mol. The lowest BCUT2D eigenvalue weighted by molar-refractivity contribution is 0.00846. The van der Waals surface area contributed by atoms with Crippen LogP contribution >= 0.6 is 11.3 Å². The second kappa shape index (κ2) is 4.67. The zero-order valence-corrected chi connectivity index (χ0v) is 11.7. The van der Waals surface area contributed by atoms with Gasteiger partial charge in [-0.3, -0.25) is 4.79 Å². The Balaban J connectivity index is 1.80. The van der Waals surface area contributed by atoms with E-state index in [1.54, 1.807) is 18.4 Å². The number of hydrogen-bond donors (Lipinski definition) is 0. The maximum absolute atomic E-state index is 12.6. The molecule has 1 aromatic heterocycles. The van der Waals surface area contributed by atoms with Crippen molar-refractivity contribution in [3.05, 3.63) is 21.9 Å². The van der Waals surface area contributed by atoms with E-state index >= 15 is 0 Å². The molecule has 2 unspecified atom stereocenters. The molecule has 1 amide bonds. The fraction of sp³-hybridized carbons (Fsp3) is 0.643. The van der Waals surface area contributed by atoms with Crippen molar-refractivity contribution in [3.63, 3.8) is 0 Å². The lowest BCUT2D eigenvalue weighted by atomic mass is 9.99. The first-order valence-electron chi connectivity index (χ1n) is 6.59. The molecule has 3 heterocycles. The van der Waals surface area contributed by atoms with Gasteiger partial charge in [-0.1, -0.05) is 0 Å². The van der Waals surface area contributed by atoms with Crippen LogP contribution in [-0.2, 0) is 4.74 Å². The summed E-state index contributed by atoms with van der Waals surface area (Å²) < 4.78 is 5.47. The highest BCUT2D eigenvalue weighted by atomic mass is 32.1.